The molecule has 0 radical (unpaired) electrons. The van der Waals surface area contributed by atoms with Crippen molar-refractivity contribution >= 4 is 21.9 Å². The summed E-state index contributed by atoms with van der Waals surface area (Å²) in [7, 11) is 0. The van der Waals surface area contributed by atoms with Gasteiger partial charge in [-0.2, -0.15) is 0 Å². The third kappa shape index (κ3) is 2.95. The fraction of sp³-hybridized carbons (Fsp3) is 0.429. The molecule has 0 heterocycles. The molecule has 0 heteroatoms. The fourth-order valence-electron chi connectivity index (χ4n) is 11.2. The summed E-state index contributed by atoms with van der Waals surface area (Å²) >= 11 is 0. The minimum atomic E-state index is -0.0322. The molecule has 4 aromatic rings. The Morgan fingerprint density at radius 1 is 0.690 bits per heavy atom. The first kappa shape index (κ1) is 26.5. The molecule has 4 aliphatic rings. The van der Waals surface area contributed by atoms with Crippen LogP contribution >= 0.6 is 0 Å². The number of hydrogen-bond donors (Lipinski definition) is 0. The summed E-state index contributed by atoms with van der Waals surface area (Å²) in [6.45, 7) is 22.3. The number of hydrogen-bond acceptors (Lipinski definition) is 0. The van der Waals surface area contributed by atoms with Gasteiger partial charge < -0.3 is 0 Å². The van der Waals surface area contributed by atoms with Gasteiger partial charge in [-0.1, -0.05) is 128 Å². The first-order valence-corrected chi connectivity index (χ1v) is 16.6. The molecule has 1 fully saturated rings. The van der Waals surface area contributed by atoms with Crippen LogP contribution < -0.4 is 0 Å². The Morgan fingerprint density at radius 3 is 2.07 bits per heavy atom. The third-order valence-corrected chi connectivity index (χ3v) is 12.1. The Balaban J connectivity index is 1.49. The topological polar surface area (TPSA) is 0 Å². The molecule has 0 amide bonds. The molecular weight excluding hydrogens is 504 g/mol. The van der Waals surface area contributed by atoms with E-state index in [1.54, 1.807) is 33.4 Å². The molecule has 0 aliphatic heterocycles. The van der Waals surface area contributed by atoms with Gasteiger partial charge in [0.05, 0.1) is 0 Å². The van der Waals surface area contributed by atoms with E-state index in [4.69, 9.17) is 0 Å². The molecule has 2 atom stereocenters. The molecule has 42 heavy (non-hydrogen) atoms. The molecule has 0 saturated heterocycles. The SMILES string of the molecule is Cc1ccc2c3c(ccc2c1)-c1c(ccc2c1C(C)(C)C1=C2Cc2ccccc21)C31C(C(C)C)C(C(C)C)C1C(C)C. The maximum absolute atomic E-state index is 2.62. The summed E-state index contributed by atoms with van der Waals surface area (Å²) in [5, 5.41) is 2.90. The minimum absolute atomic E-state index is 0.0322. The Bertz CT molecular complexity index is 1820. The van der Waals surface area contributed by atoms with E-state index in [0.717, 1.165) is 12.3 Å². The molecule has 0 aromatic heterocycles. The van der Waals surface area contributed by atoms with Crippen molar-refractivity contribution in [2.45, 2.75) is 79.6 Å². The highest BCUT2D eigenvalue weighted by atomic mass is 14.7. The van der Waals surface area contributed by atoms with Crippen molar-refractivity contribution in [2.75, 3.05) is 0 Å². The lowest BCUT2D eigenvalue weighted by Gasteiger charge is -2.66. The van der Waals surface area contributed by atoms with Gasteiger partial charge in [0.25, 0.3) is 0 Å². The van der Waals surface area contributed by atoms with E-state index in [9.17, 15) is 0 Å². The largest absolute Gasteiger partial charge is 0.0625 e. The summed E-state index contributed by atoms with van der Waals surface area (Å²) in [5.74, 6) is 3.87. The highest BCUT2D eigenvalue weighted by Gasteiger charge is 2.68. The second-order valence-electron chi connectivity index (χ2n) is 15.7. The molecule has 8 rings (SSSR count). The molecule has 0 N–H and O–H groups in total. The second kappa shape index (κ2) is 8.49. The predicted octanol–water partition coefficient (Wildman–Crippen LogP) is 11.0. The first-order chi connectivity index (χ1) is 20.0. The maximum atomic E-state index is 2.62. The molecule has 0 nitrogen and oxygen atoms in total. The summed E-state index contributed by atoms with van der Waals surface area (Å²) in [5.41, 5.74) is 17.0. The zero-order valence-corrected chi connectivity index (χ0v) is 27.0. The predicted molar refractivity (Wildman–Crippen MR) is 180 cm³/mol. The average Bonchev–Trinajstić information content (AvgIpc) is 3.52. The molecule has 0 bridgehead atoms. The molecule has 4 aliphatic carbocycles. The van der Waals surface area contributed by atoms with Crippen molar-refractivity contribution < 1.29 is 0 Å². The van der Waals surface area contributed by atoms with Crippen LogP contribution in [0.4, 0.5) is 0 Å². The first-order valence-electron chi connectivity index (χ1n) is 16.6. The van der Waals surface area contributed by atoms with Gasteiger partial charge in [0.15, 0.2) is 0 Å². The number of benzene rings is 4. The Kier molecular flexibility index (Phi) is 5.36. The van der Waals surface area contributed by atoms with Crippen LogP contribution in [0.1, 0.15) is 94.3 Å². The highest BCUT2D eigenvalue weighted by molar-refractivity contribution is 6.10. The Labute approximate surface area is 253 Å². The standard InChI is InChI=1S/C42H46/c1-22(2)34-36(23(3)4)42(37(34)24(5)6)33-19-18-30-32-21-26-12-10-11-13-28(26)38(32)41(8,9)40(30)35(33)31-17-15-27-20-25(7)14-16-29(27)39(31)42/h10-20,22-24,34,36-37H,21H2,1-9H3. The summed E-state index contributed by atoms with van der Waals surface area (Å²) in [4.78, 5) is 0. The maximum Gasteiger partial charge on any atom is 0.0288 e. The van der Waals surface area contributed by atoms with Gasteiger partial charge in [-0.15, -0.1) is 0 Å². The Morgan fingerprint density at radius 2 is 1.38 bits per heavy atom. The molecular formula is C42H46. The van der Waals surface area contributed by atoms with Gasteiger partial charge >= 0.3 is 0 Å². The van der Waals surface area contributed by atoms with Crippen molar-refractivity contribution in [2.24, 2.45) is 35.5 Å². The van der Waals surface area contributed by atoms with Crippen molar-refractivity contribution in [1.29, 1.82) is 0 Å². The average molecular weight is 551 g/mol. The number of rotatable bonds is 3. The monoisotopic (exact) mass is 550 g/mol. The van der Waals surface area contributed by atoms with Crippen LogP contribution in [0.2, 0.25) is 0 Å². The van der Waals surface area contributed by atoms with Crippen LogP contribution in [0.5, 0.6) is 0 Å². The van der Waals surface area contributed by atoms with E-state index in [2.05, 4.69) is 129 Å². The zero-order chi connectivity index (χ0) is 29.5. The lowest BCUT2D eigenvalue weighted by atomic mass is 9.37. The number of aryl methyl sites for hydroxylation is 1. The van der Waals surface area contributed by atoms with Gasteiger partial charge in [0, 0.05) is 10.8 Å². The second-order valence-corrected chi connectivity index (χ2v) is 15.7. The van der Waals surface area contributed by atoms with Crippen LogP contribution in [0.25, 0.3) is 33.0 Å². The normalized spacial score (nSPS) is 26.2. The fourth-order valence-corrected chi connectivity index (χ4v) is 11.2. The molecule has 1 saturated carbocycles. The van der Waals surface area contributed by atoms with Crippen LogP contribution in [-0.4, -0.2) is 0 Å². The number of fused-ring (bicyclic) bond motifs is 12. The highest BCUT2D eigenvalue weighted by Crippen LogP contribution is 2.74. The third-order valence-electron chi connectivity index (χ3n) is 12.1. The van der Waals surface area contributed by atoms with E-state index >= 15 is 0 Å². The quantitative estimate of drug-likeness (QED) is 0.238. The van der Waals surface area contributed by atoms with E-state index in [1.807, 2.05) is 0 Å². The van der Waals surface area contributed by atoms with Gasteiger partial charge in [0.2, 0.25) is 0 Å². The van der Waals surface area contributed by atoms with Crippen LogP contribution in [0, 0.1) is 42.4 Å². The van der Waals surface area contributed by atoms with E-state index in [1.165, 1.54) is 38.6 Å². The summed E-state index contributed by atoms with van der Waals surface area (Å²) < 4.78 is 0. The van der Waals surface area contributed by atoms with Gasteiger partial charge in [-0.05, 0) is 115 Å². The van der Waals surface area contributed by atoms with Crippen LogP contribution in [0.3, 0.4) is 0 Å². The van der Waals surface area contributed by atoms with Crippen molar-refractivity contribution in [1.82, 2.24) is 0 Å². The zero-order valence-electron chi connectivity index (χ0n) is 27.0. The van der Waals surface area contributed by atoms with E-state index in [0.29, 0.717) is 29.6 Å². The van der Waals surface area contributed by atoms with Gasteiger partial charge in [-0.25, -0.2) is 0 Å². The lowest BCUT2D eigenvalue weighted by Crippen LogP contribution is -2.64. The summed E-state index contributed by atoms with van der Waals surface area (Å²) in [6, 6.07) is 26.5. The summed E-state index contributed by atoms with van der Waals surface area (Å²) in [6.07, 6.45) is 1.06. The van der Waals surface area contributed by atoms with Gasteiger partial charge in [0.1, 0.15) is 0 Å². The smallest absolute Gasteiger partial charge is 0.0288 e. The molecule has 1 spiro atoms. The van der Waals surface area contributed by atoms with E-state index < -0.39 is 0 Å². The van der Waals surface area contributed by atoms with Crippen LogP contribution in [0.15, 0.2) is 66.7 Å². The molecule has 4 aromatic carbocycles. The van der Waals surface area contributed by atoms with Crippen molar-refractivity contribution in [3.63, 3.8) is 0 Å². The van der Waals surface area contributed by atoms with E-state index in [-0.39, 0.29) is 10.8 Å². The molecule has 214 valence electrons. The van der Waals surface area contributed by atoms with Crippen molar-refractivity contribution in [3.8, 4) is 11.1 Å². The lowest BCUT2D eigenvalue weighted by molar-refractivity contribution is -0.105. The van der Waals surface area contributed by atoms with Gasteiger partial charge in [-0.3, -0.25) is 0 Å². The number of allylic oxidation sites excluding steroid dienone is 2. The van der Waals surface area contributed by atoms with Crippen molar-refractivity contribution in [3.05, 3.63) is 106 Å². The van der Waals surface area contributed by atoms with Crippen LogP contribution in [-0.2, 0) is 17.3 Å². The Hall–Kier alpha value is -3.12. The molecule has 2 unspecified atom stereocenters. The minimum Gasteiger partial charge on any atom is -0.0625 e.